The van der Waals surface area contributed by atoms with Crippen molar-refractivity contribution < 1.29 is 4.42 Å². The Labute approximate surface area is 104 Å². The molecule has 96 valence electrons. The standard InChI is InChI=1S/C14H24N2O/c1-4-12-9-16(13(5-2)8-15-12)10-14-7-6-11(3)17-14/h6-7,12-13,15H,4-5,8-10H2,1-3H3. The van der Waals surface area contributed by atoms with Crippen LogP contribution in [0.5, 0.6) is 0 Å². The molecule has 0 aliphatic carbocycles. The van der Waals surface area contributed by atoms with Crippen LogP contribution in [-0.4, -0.2) is 30.1 Å². The van der Waals surface area contributed by atoms with Gasteiger partial charge in [0.05, 0.1) is 6.54 Å². The first-order chi connectivity index (χ1) is 8.22. The second kappa shape index (κ2) is 5.69. The van der Waals surface area contributed by atoms with Gasteiger partial charge in [-0.3, -0.25) is 4.90 Å². The van der Waals surface area contributed by atoms with Crippen LogP contribution in [0.25, 0.3) is 0 Å². The van der Waals surface area contributed by atoms with Crippen molar-refractivity contribution in [3.05, 3.63) is 23.7 Å². The van der Waals surface area contributed by atoms with Crippen molar-refractivity contribution in [2.45, 2.75) is 52.2 Å². The van der Waals surface area contributed by atoms with E-state index in [1.165, 1.54) is 12.8 Å². The van der Waals surface area contributed by atoms with Crippen LogP contribution in [0, 0.1) is 6.92 Å². The van der Waals surface area contributed by atoms with Gasteiger partial charge in [-0.15, -0.1) is 0 Å². The molecule has 2 unspecified atom stereocenters. The summed E-state index contributed by atoms with van der Waals surface area (Å²) in [6.45, 7) is 9.71. The number of hydrogen-bond donors (Lipinski definition) is 1. The molecule has 0 amide bonds. The summed E-state index contributed by atoms with van der Waals surface area (Å²) in [5, 5.41) is 3.62. The van der Waals surface area contributed by atoms with Gasteiger partial charge >= 0.3 is 0 Å². The summed E-state index contributed by atoms with van der Waals surface area (Å²) in [5.41, 5.74) is 0. The summed E-state index contributed by atoms with van der Waals surface area (Å²) >= 11 is 0. The molecule has 0 radical (unpaired) electrons. The van der Waals surface area contributed by atoms with E-state index in [0.717, 1.165) is 31.2 Å². The molecule has 1 aromatic rings. The minimum atomic E-state index is 0.633. The first-order valence-corrected chi connectivity index (χ1v) is 6.75. The highest BCUT2D eigenvalue weighted by atomic mass is 16.3. The Balaban J connectivity index is 2.00. The molecule has 1 saturated heterocycles. The Morgan fingerprint density at radius 3 is 2.76 bits per heavy atom. The van der Waals surface area contributed by atoms with Gasteiger partial charge in [-0.1, -0.05) is 13.8 Å². The second-order valence-corrected chi connectivity index (χ2v) is 5.02. The molecule has 1 N–H and O–H groups in total. The summed E-state index contributed by atoms with van der Waals surface area (Å²) in [5.74, 6) is 2.10. The van der Waals surface area contributed by atoms with Gasteiger partial charge in [0.2, 0.25) is 0 Å². The van der Waals surface area contributed by atoms with E-state index >= 15 is 0 Å². The molecule has 2 heterocycles. The summed E-state index contributed by atoms with van der Waals surface area (Å²) in [7, 11) is 0. The van der Waals surface area contributed by atoms with Crippen LogP contribution in [0.15, 0.2) is 16.5 Å². The van der Waals surface area contributed by atoms with Crippen LogP contribution < -0.4 is 5.32 Å². The van der Waals surface area contributed by atoms with Crippen LogP contribution in [0.2, 0.25) is 0 Å². The molecular weight excluding hydrogens is 212 g/mol. The quantitative estimate of drug-likeness (QED) is 0.871. The lowest BCUT2D eigenvalue weighted by atomic mass is 10.1. The van der Waals surface area contributed by atoms with E-state index < -0.39 is 0 Å². The van der Waals surface area contributed by atoms with Crippen molar-refractivity contribution in [2.24, 2.45) is 0 Å². The van der Waals surface area contributed by atoms with E-state index in [2.05, 4.69) is 36.2 Å². The molecule has 1 aliphatic rings. The zero-order valence-corrected chi connectivity index (χ0v) is 11.2. The maximum Gasteiger partial charge on any atom is 0.118 e. The number of hydrogen-bond acceptors (Lipinski definition) is 3. The van der Waals surface area contributed by atoms with Crippen molar-refractivity contribution in [1.29, 1.82) is 0 Å². The summed E-state index contributed by atoms with van der Waals surface area (Å²) in [6.07, 6.45) is 2.40. The molecule has 3 heteroatoms. The third-order valence-electron chi connectivity index (χ3n) is 3.73. The number of furan rings is 1. The van der Waals surface area contributed by atoms with E-state index in [0.29, 0.717) is 12.1 Å². The van der Waals surface area contributed by atoms with Crippen LogP contribution in [0.3, 0.4) is 0 Å². The molecular formula is C14H24N2O. The third kappa shape index (κ3) is 3.11. The van der Waals surface area contributed by atoms with Gasteiger partial charge in [0.15, 0.2) is 0 Å². The van der Waals surface area contributed by atoms with Gasteiger partial charge in [-0.05, 0) is 31.9 Å². The Bertz CT molecular complexity index is 348. The van der Waals surface area contributed by atoms with Gasteiger partial charge in [-0.2, -0.15) is 0 Å². The minimum absolute atomic E-state index is 0.633. The van der Waals surface area contributed by atoms with E-state index in [4.69, 9.17) is 4.42 Å². The maximum atomic E-state index is 5.69. The van der Waals surface area contributed by atoms with Crippen molar-refractivity contribution in [1.82, 2.24) is 10.2 Å². The fourth-order valence-corrected chi connectivity index (χ4v) is 2.57. The number of rotatable bonds is 4. The van der Waals surface area contributed by atoms with E-state index in [1.54, 1.807) is 0 Å². The Morgan fingerprint density at radius 2 is 2.18 bits per heavy atom. The van der Waals surface area contributed by atoms with Gasteiger partial charge < -0.3 is 9.73 Å². The lowest BCUT2D eigenvalue weighted by molar-refractivity contribution is 0.109. The van der Waals surface area contributed by atoms with Crippen molar-refractivity contribution in [2.75, 3.05) is 13.1 Å². The number of nitrogens with one attached hydrogen (secondary N) is 1. The van der Waals surface area contributed by atoms with Crippen molar-refractivity contribution in [3.63, 3.8) is 0 Å². The molecule has 0 saturated carbocycles. The highest BCUT2D eigenvalue weighted by molar-refractivity contribution is 5.06. The number of aryl methyl sites for hydroxylation is 1. The first kappa shape index (κ1) is 12.7. The maximum absolute atomic E-state index is 5.69. The SMILES string of the molecule is CCC1CN(Cc2ccc(C)o2)C(CC)CN1. The Kier molecular flexibility index (Phi) is 4.24. The van der Waals surface area contributed by atoms with Crippen LogP contribution in [-0.2, 0) is 6.54 Å². The molecule has 0 bridgehead atoms. The van der Waals surface area contributed by atoms with Gasteiger partial charge in [0.25, 0.3) is 0 Å². The first-order valence-electron chi connectivity index (χ1n) is 6.75. The predicted molar refractivity (Wildman–Crippen MR) is 70.0 cm³/mol. The van der Waals surface area contributed by atoms with Crippen molar-refractivity contribution in [3.8, 4) is 0 Å². The average Bonchev–Trinajstić information content (AvgIpc) is 2.74. The fraction of sp³-hybridized carbons (Fsp3) is 0.714. The van der Waals surface area contributed by atoms with Gasteiger partial charge in [0.1, 0.15) is 11.5 Å². The van der Waals surface area contributed by atoms with Crippen molar-refractivity contribution >= 4 is 0 Å². The molecule has 0 spiro atoms. The summed E-state index contributed by atoms with van der Waals surface area (Å²) in [6, 6.07) is 5.43. The van der Waals surface area contributed by atoms with Gasteiger partial charge in [-0.25, -0.2) is 0 Å². The molecule has 3 nitrogen and oxygen atoms in total. The molecule has 1 fully saturated rings. The summed E-state index contributed by atoms with van der Waals surface area (Å²) < 4.78 is 5.69. The normalized spacial score (nSPS) is 26.3. The van der Waals surface area contributed by atoms with E-state index in [-0.39, 0.29) is 0 Å². The number of nitrogens with zero attached hydrogens (tertiary/aromatic N) is 1. The highest BCUT2D eigenvalue weighted by Crippen LogP contribution is 2.17. The molecule has 1 aliphatic heterocycles. The largest absolute Gasteiger partial charge is 0.465 e. The molecule has 1 aromatic heterocycles. The summed E-state index contributed by atoms with van der Waals surface area (Å²) in [4.78, 5) is 2.56. The Hall–Kier alpha value is -0.800. The lowest BCUT2D eigenvalue weighted by Crippen LogP contribution is -2.55. The molecule has 2 rings (SSSR count). The topological polar surface area (TPSA) is 28.4 Å². The molecule has 17 heavy (non-hydrogen) atoms. The van der Waals surface area contributed by atoms with E-state index in [9.17, 15) is 0 Å². The van der Waals surface area contributed by atoms with Crippen LogP contribution in [0.4, 0.5) is 0 Å². The monoisotopic (exact) mass is 236 g/mol. The predicted octanol–water partition coefficient (Wildman–Crippen LogP) is 2.55. The fourth-order valence-electron chi connectivity index (χ4n) is 2.57. The number of piperazine rings is 1. The lowest BCUT2D eigenvalue weighted by Gasteiger charge is -2.39. The highest BCUT2D eigenvalue weighted by Gasteiger charge is 2.26. The minimum Gasteiger partial charge on any atom is -0.465 e. The Morgan fingerprint density at radius 1 is 1.35 bits per heavy atom. The average molecular weight is 236 g/mol. The van der Waals surface area contributed by atoms with Crippen LogP contribution >= 0.6 is 0 Å². The van der Waals surface area contributed by atoms with E-state index in [1.807, 2.05) is 6.92 Å². The smallest absolute Gasteiger partial charge is 0.118 e. The van der Waals surface area contributed by atoms with Gasteiger partial charge in [0, 0.05) is 25.2 Å². The molecule has 2 atom stereocenters. The third-order valence-corrected chi connectivity index (χ3v) is 3.73. The molecule has 0 aromatic carbocycles. The zero-order chi connectivity index (χ0) is 12.3. The second-order valence-electron chi connectivity index (χ2n) is 5.02. The van der Waals surface area contributed by atoms with Crippen LogP contribution in [0.1, 0.15) is 38.2 Å². The zero-order valence-electron chi connectivity index (χ0n) is 11.2.